The van der Waals surface area contributed by atoms with Gasteiger partial charge in [-0.3, -0.25) is 0 Å². The van der Waals surface area contributed by atoms with Crippen LogP contribution in [0.3, 0.4) is 0 Å². The van der Waals surface area contributed by atoms with E-state index < -0.39 is 80.4 Å². The first-order valence-corrected chi connectivity index (χ1v) is 10.4. The van der Waals surface area contributed by atoms with Crippen LogP contribution in [0, 0.1) is 58.2 Å². The van der Waals surface area contributed by atoms with E-state index in [9.17, 15) is 43.9 Å². The van der Waals surface area contributed by atoms with Crippen molar-refractivity contribution >= 4 is 32.2 Å². The second-order valence-electron chi connectivity index (χ2n) is 4.20. The summed E-state index contributed by atoms with van der Waals surface area (Å²) in [5, 5.41) is 0. The Morgan fingerprint density at radius 1 is 0.375 bits per heavy atom. The summed E-state index contributed by atoms with van der Waals surface area (Å²) in [4.78, 5) is 0. The summed E-state index contributed by atoms with van der Waals surface area (Å²) in [6.07, 6.45) is 0. The molecule has 0 nitrogen and oxygen atoms in total. The van der Waals surface area contributed by atoms with Gasteiger partial charge in [-0.15, -0.1) is 0 Å². The van der Waals surface area contributed by atoms with Gasteiger partial charge in [0.05, 0.1) is 0 Å². The Kier molecular flexibility index (Phi) is 5.09. The van der Waals surface area contributed by atoms with Gasteiger partial charge in [-0.2, -0.15) is 0 Å². The van der Waals surface area contributed by atoms with Gasteiger partial charge in [0, 0.05) is 0 Å². The SMILES string of the molecule is Fc1c(F)c(F)[c]([Ge]([Cl])[c]2c(F)c(F)c(F)c(F)c2F)c(F)c1F. The van der Waals surface area contributed by atoms with Crippen molar-refractivity contribution in [2.75, 3.05) is 0 Å². The average molecular weight is 442 g/mol. The van der Waals surface area contributed by atoms with Crippen molar-refractivity contribution in [3.63, 3.8) is 0 Å². The molecule has 0 aliphatic rings. The average Bonchev–Trinajstić information content (AvgIpc) is 2.55. The summed E-state index contributed by atoms with van der Waals surface area (Å²) >= 11 is -4.88. The van der Waals surface area contributed by atoms with Crippen molar-refractivity contribution in [3.8, 4) is 0 Å². The van der Waals surface area contributed by atoms with Gasteiger partial charge in [0.25, 0.3) is 0 Å². The van der Waals surface area contributed by atoms with Crippen LogP contribution in [-0.2, 0) is 0 Å². The Labute approximate surface area is 134 Å². The van der Waals surface area contributed by atoms with Crippen molar-refractivity contribution in [3.05, 3.63) is 58.2 Å². The fraction of sp³-hybridized carbons (Fsp3) is 0. The number of halogens is 11. The molecule has 0 bridgehead atoms. The second kappa shape index (κ2) is 6.47. The molecule has 2 aromatic rings. The van der Waals surface area contributed by atoms with Crippen LogP contribution in [0.4, 0.5) is 43.9 Å². The van der Waals surface area contributed by atoms with Gasteiger partial charge in [0.1, 0.15) is 0 Å². The fourth-order valence-electron chi connectivity index (χ4n) is 1.72. The van der Waals surface area contributed by atoms with Crippen molar-refractivity contribution in [2.45, 2.75) is 0 Å². The van der Waals surface area contributed by atoms with Crippen molar-refractivity contribution < 1.29 is 43.9 Å². The number of hydrogen-bond acceptors (Lipinski definition) is 0. The quantitative estimate of drug-likeness (QED) is 0.290. The molecule has 0 saturated heterocycles. The maximum absolute atomic E-state index is 13.6. The third-order valence-corrected chi connectivity index (χ3v) is 8.51. The van der Waals surface area contributed by atoms with Crippen LogP contribution in [0.5, 0.6) is 0 Å². The number of rotatable bonds is 2. The van der Waals surface area contributed by atoms with Gasteiger partial charge in [0.2, 0.25) is 0 Å². The molecule has 2 aromatic carbocycles. The van der Waals surface area contributed by atoms with Crippen molar-refractivity contribution in [2.24, 2.45) is 0 Å². The van der Waals surface area contributed by atoms with E-state index in [2.05, 4.69) is 0 Å². The van der Waals surface area contributed by atoms with Gasteiger partial charge in [-0.25, -0.2) is 0 Å². The Bertz CT molecular complexity index is 725. The molecule has 0 unspecified atom stereocenters. The normalized spacial score (nSPS) is 11.5. The van der Waals surface area contributed by atoms with E-state index in [1.54, 1.807) is 0 Å². The summed E-state index contributed by atoms with van der Waals surface area (Å²) in [6.45, 7) is 0. The van der Waals surface area contributed by atoms with Crippen LogP contribution >= 0.6 is 10.0 Å². The maximum atomic E-state index is 13.6. The molecule has 0 N–H and O–H groups in total. The Hall–Kier alpha value is -1.43. The minimum atomic E-state index is -4.88. The van der Waals surface area contributed by atoms with Crippen molar-refractivity contribution in [1.82, 2.24) is 0 Å². The van der Waals surface area contributed by atoms with Gasteiger partial charge >= 0.3 is 134 Å². The van der Waals surface area contributed by atoms with E-state index in [1.165, 1.54) is 0 Å². The Morgan fingerprint density at radius 3 is 0.750 bits per heavy atom. The van der Waals surface area contributed by atoms with Crippen LogP contribution in [0.15, 0.2) is 0 Å². The summed E-state index contributed by atoms with van der Waals surface area (Å²) in [7, 11) is 5.44. The molecule has 0 saturated carbocycles. The predicted octanol–water partition coefficient (Wildman–Crippen LogP) is 3.42. The van der Waals surface area contributed by atoms with Gasteiger partial charge in [-0.1, -0.05) is 0 Å². The number of benzene rings is 2. The summed E-state index contributed by atoms with van der Waals surface area (Å²) in [6, 6.07) is 0. The molecule has 12 heteroatoms. The molecular weight excluding hydrogens is 442 g/mol. The first-order chi connectivity index (χ1) is 11.0. The van der Waals surface area contributed by atoms with E-state index in [-0.39, 0.29) is 0 Å². The molecule has 0 aliphatic carbocycles. The van der Waals surface area contributed by atoms with Gasteiger partial charge in [-0.05, 0) is 0 Å². The topological polar surface area (TPSA) is 0 Å². The molecule has 0 atom stereocenters. The van der Waals surface area contributed by atoms with Crippen LogP contribution in [0.1, 0.15) is 0 Å². The molecular formula is C12ClF10Ge. The predicted molar refractivity (Wildman–Crippen MR) is 63.3 cm³/mol. The molecule has 0 fully saturated rings. The second-order valence-corrected chi connectivity index (χ2v) is 9.58. The molecule has 0 spiro atoms. The fourth-order valence-corrected chi connectivity index (χ4v) is 6.51. The third kappa shape index (κ3) is 2.65. The minimum absolute atomic E-state index is 1.80. The standard InChI is InChI=1S/C12ClF10Ge/c13-24(11-7(20)3(16)1(14)4(17)8(11)21)12-9(22)5(18)2(15)6(19)10(12)23. The van der Waals surface area contributed by atoms with E-state index in [0.29, 0.717) is 0 Å². The zero-order valence-corrected chi connectivity index (χ0v) is 13.5. The first-order valence-electron chi connectivity index (χ1n) is 5.58. The van der Waals surface area contributed by atoms with Crippen LogP contribution in [-0.4, -0.2) is 13.4 Å². The van der Waals surface area contributed by atoms with E-state index in [4.69, 9.17) is 10.0 Å². The van der Waals surface area contributed by atoms with E-state index in [0.717, 1.165) is 0 Å². The zero-order valence-electron chi connectivity index (χ0n) is 10.7. The van der Waals surface area contributed by atoms with E-state index >= 15 is 0 Å². The summed E-state index contributed by atoms with van der Waals surface area (Å²) in [5.74, 6) is -25.0. The zero-order chi connectivity index (χ0) is 18.5. The molecule has 0 amide bonds. The molecule has 24 heavy (non-hydrogen) atoms. The van der Waals surface area contributed by atoms with Gasteiger partial charge < -0.3 is 0 Å². The summed E-state index contributed by atoms with van der Waals surface area (Å²) < 4.78 is 129. The molecule has 1 radical (unpaired) electrons. The van der Waals surface area contributed by atoms with Crippen molar-refractivity contribution in [1.29, 1.82) is 0 Å². The number of hydrogen-bond donors (Lipinski definition) is 0. The summed E-state index contributed by atoms with van der Waals surface area (Å²) in [5.41, 5.74) is 0. The van der Waals surface area contributed by atoms with Crippen LogP contribution in [0.2, 0.25) is 0 Å². The van der Waals surface area contributed by atoms with E-state index in [1.807, 2.05) is 0 Å². The van der Waals surface area contributed by atoms with Crippen LogP contribution < -0.4 is 8.79 Å². The molecule has 129 valence electrons. The Morgan fingerprint density at radius 2 is 0.542 bits per heavy atom. The molecule has 0 aromatic heterocycles. The van der Waals surface area contributed by atoms with Crippen LogP contribution in [0.25, 0.3) is 0 Å². The monoisotopic (exact) mass is 443 g/mol. The first kappa shape index (κ1) is 18.9. The van der Waals surface area contributed by atoms with Gasteiger partial charge in [0.15, 0.2) is 0 Å². The molecule has 0 heterocycles. The Balaban J connectivity index is 2.84. The molecule has 0 aliphatic heterocycles. The third-order valence-electron chi connectivity index (χ3n) is 2.86. The molecule has 2 rings (SSSR count).